The number of aryl methyl sites for hydroxylation is 1. The van der Waals surface area contributed by atoms with E-state index in [9.17, 15) is 0 Å². The molecule has 1 atom stereocenters. The molecule has 1 aliphatic rings. The summed E-state index contributed by atoms with van der Waals surface area (Å²) in [4.78, 5) is 0. The lowest BCUT2D eigenvalue weighted by Crippen LogP contribution is -2.23. The molecule has 0 saturated heterocycles. The van der Waals surface area contributed by atoms with Crippen molar-refractivity contribution in [3.05, 3.63) is 65.2 Å². The normalized spacial score (nSPS) is 18.1. The fourth-order valence-corrected chi connectivity index (χ4v) is 2.98. The highest BCUT2D eigenvalue weighted by molar-refractivity contribution is 5.34. The molecule has 0 unspecified atom stereocenters. The second-order valence-corrected chi connectivity index (χ2v) is 5.36. The van der Waals surface area contributed by atoms with E-state index in [0.717, 1.165) is 18.7 Å². The van der Waals surface area contributed by atoms with E-state index in [1.54, 1.807) is 7.11 Å². The number of methoxy groups -OCH3 is 1. The SMILES string of the molecule is COc1cccc(C[C@@H]2NCCCc3ccccc32)c1. The molecule has 0 aromatic heterocycles. The van der Waals surface area contributed by atoms with Crippen LogP contribution in [0, 0.1) is 0 Å². The lowest BCUT2D eigenvalue weighted by atomic mass is 9.94. The van der Waals surface area contributed by atoms with Crippen LogP contribution in [0.1, 0.15) is 29.2 Å². The average Bonchev–Trinajstić information content (AvgIpc) is 2.70. The Labute approximate surface area is 120 Å². The van der Waals surface area contributed by atoms with Gasteiger partial charge in [0.25, 0.3) is 0 Å². The van der Waals surface area contributed by atoms with Crippen molar-refractivity contribution >= 4 is 0 Å². The molecule has 3 rings (SSSR count). The Balaban J connectivity index is 1.86. The first kappa shape index (κ1) is 13.2. The van der Waals surface area contributed by atoms with Crippen LogP contribution in [-0.2, 0) is 12.8 Å². The molecule has 0 bridgehead atoms. The maximum Gasteiger partial charge on any atom is 0.119 e. The molecule has 2 aromatic rings. The van der Waals surface area contributed by atoms with Crippen LogP contribution in [0.4, 0.5) is 0 Å². The molecule has 1 heterocycles. The predicted octanol–water partition coefficient (Wildman–Crippen LogP) is 3.51. The molecule has 1 N–H and O–H groups in total. The van der Waals surface area contributed by atoms with Gasteiger partial charge in [-0.25, -0.2) is 0 Å². The molecule has 104 valence electrons. The van der Waals surface area contributed by atoms with Gasteiger partial charge in [0.15, 0.2) is 0 Å². The summed E-state index contributed by atoms with van der Waals surface area (Å²) in [6.07, 6.45) is 3.40. The van der Waals surface area contributed by atoms with E-state index in [1.807, 2.05) is 6.07 Å². The van der Waals surface area contributed by atoms with Crippen molar-refractivity contribution in [1.29, 1.82) is 0 Å². The maximum absolute atomic E-state index is 5.32. The van der Waals surface area contributed by atoms with Crippen molar-refractivity contribution in [2.45, 2.75) is 25.3 Å². The van der Waals surface area contributed by atoms with Gasteiger partial charge in [0.05, 0.1) is 7.11 Å². The summed E-state index contributed by atoms with van der Waals surface area (Å²) >= 11 is 0. The quantitative estimate of drug-likeness (QED) is 0.918. The highest BCUT2D eigenvalue weighted by atomic mass is 16.5. The first-order valence-corrected chi connectivity index (χ1v) is 7.31. The van der Waals surface area contributed by atoms with Gasteiger partial charge in [-0.05, 0) is 54.6 Å². The molecule has 0 amide bonds. The van der Waals surface area contributed by atoms with E-state index in [-0.39, 0.29) is 0 Å². The van der Waals surface area contributed by atoms with Crippen LogP contribution >= 0.6 is 0 Å². The van der Waals surface area contributed by atoms with Gasteiger partial charge in [-0.2, -0.15) is 0 Å². The van der Waals surface area contributed by atoms with Gasteiger partial charge in [-0.15, -0.1) is 0 Å². The van der Waals surface area contributed by atoms with Crippen molar-refractivity contribution in [3.63, 3.8) is 0 Å². The van der Waals surface area contributed by atoms with Crippen molar-refractivity contribution in [2.24, 2.45) is 0 Å². The number of benzene rings is 2. The Morgan fingerprint density at radius 2 is 2.05 bits per heavy atom. The minimum absolute atomic E-state index is 0.404. The smallest absolute Gasteiger partial charge is 0.119 e. The van der Waals surface area contributed by atoms with E-state index in [0.29, 0.717) is 6.04 Å². The highest BCUT2D eigenvalue weighted by Crippen LogP contribution is 2.26. The van der Waals surface area contributed by atoms with Crippen LogP contribution in [0.5, 0.6) is 5.75 Å². The fourth-order valence-electron chi connectivity index (χ4n) is 2.98. The number of nitrogens with one attached hydrogen (secondary N) is 1. The molecule has 1 aliphatic heterocycles. The molecular formula is C18H21NO. The van der Waals surface area contributed by atoms with Gasteiger partial charge in [0, 0.05) is 6.04 Å². The third-order valence-electron chi connectivity index (χ3n) is 4.02. The summed E-state index contributed by atoms with van der Waals surface area (Å²) in [7, 11) is 1.72. The summed E-state index contributed by atoms with van der Waals surface area (Å²) in [6, 6.07) is 17.6. The first-order valence-electron chi connectivity index (χ1n) is 7.31. The molecule has 0 spiro atoms. The third kappa shape index (κ3) is 2.86. The summed E-state index contributed by atoms with van der Waals surface area (Å²) < 4.78 is 5.32. The molecule has 2 aromatic carbocycles. The van der Waals surface area contributed by atoms with Crippen LogP contribution in [0.3, 0.4) is 0 Å². The zero-order valence-electron chi connectivity index (χ0n) is 11.9. The lowest BCUT2D eigenvalue weighted by Gasteiger charge is -2.19. The van der Waals surface area contributed by atoms with Crippen molar-refractivity contribution in [2.75, 3.05) is 13.7 Å². The van der Waals surface area contributed by atoms with E-state index in [2.05, 4.69) is 47.8 Å². The van der Waals surface area contributed by atoms with E-state index in [4.69, 9.17) is 4.74 Å². The number of fused-ring (bicyclic) bond motifs is 1. The van der Waals surface area contributed by atoms with E-state index in [1.165, 1.54) is 29.5 Å². The largest absolute Gasteiger partial charge is 0.497 e. The molecule has 0 fully saturated rings. The predicted molar refractivity (Wildman–Crippen MR) is 82.2 cm³/mol. The van der Waals surface area contributed by atoms with E-state index < -0.39 is 0 Å². The van der Waals surface area contributed by atoms with Crippen LogP contribution in [0.25, 0.3) is 0 Å². The minimum atomic E-state index is 0.404. The van der Waals surface area contributed by atoms with Crippen molar-refractivity contribution in [3.8, 4) is 5.75 Å². The summed E-state index contributed by atoms with van der Waals surface area (Å²) in [6.45, 7) is 1.09. The second kappa shape index (κ2) is 6.10. The Morgan fingerprint density at radius 3 is 2.95 bits per heavy atom. The summed E-state index contributed by atoms with van der Waals surface area (Å²) in [5, 5.41) is 3.68. The molecule has 2 heteroatoms. The standard InChI is InChI=1S/C18H21NO/c1-20-16-9-4-6-14(12-16)13-18-17-10-3-2-7-15(17)8-5-11-19-18/h2-4,6-7,9-10,12,18-19H,5,8,11,13H2,1H3/t18-/m0/s1. The average molecular weight is 267 g/mol. The zero-order chi connectivity index (χ0) is 13.8. The number of rotatable bonds is 3. The molecule has 20 heavy (non-hydrogen) atoms. The Kier molecular flexibility index (Phi) is 4.03. The topological polar surface area (TPSA) is 21.3 Å². The van der Waals surface area contributed by atoms with Crippen LogP contribution in [0.2, 0.25) is 0 Å². The second-order valence-electron chi connectivity index (χ2n) is 5.36. The van der Waals surface area contributed by atoms with Gasteiger partial charge in [-0.3, -0.25) is 0 Å². The van der Waals surface area contributed by atoms with Crippen LogP contribution < -0.4 is 10.1 Å². The first-order chi connectivity index (χ1) is 9.86. The number of hydrogen-bond acceptors (Lipinski definition) is 2. The highest BCUT2D eigenvalue weighted by Gasteiger charge is 2.18. The number of ether oxygens (including phenoxy) is 1. The molecule has 0 saturated carbocycles. The molecular weight excluding hydrogens is 246 g/mol. The minimum Gasteiger partial charge on any atom is -0.497 e. The van der Waals surface area contributed by atoms with Gasteiger partial charge in [0.2, 0.25) is 0 Å². The monoisotopic (exact) mass is 267 g/mol. The zero-order valence-corrected chi connectivity index (χ0v) is 11.9. The number of hydrogen-bond donors (Lipinski definition) is 1. The Hall–Kier alpha value is -1.80. The van der Waals surface area contributed by atoms with E-state index >= 15 is 0 Å². The lowest BCUT2D eigenvalue weighted by molar-refractivity contribution is 0.414. The van der Waals surface area contributed by atoms with Crippen LogP contribution in [0.15, 0.2) is 48.5 Å². The summed E-state index contributed by atoms with van der Waals surface area (Å²) in [5.74, 6) is 0.935. The van der Waals surface area contributed by atoms with Crippen LogP contribution in [-0.4, -0.2) is 13.7 Å². The van der Waals surface area contributed by atoms with Gasteiger partial charge in [0.1, 0.15) is 5.75 Å². The Morgan fingerprint density at radius 1 is 1.15 bits per heavy atom. The fraction of sp³-hybridized carbons (Fsp3) is 0.333. The maximum atomic E-state index is 5.32. The molecule has 0 aliphatic carbocycles. The third-order valence-corrected chi connectivity index (χ3v) is 4.02. The van der Waals surface area contributed by atoms with Gasteiger partial charge >= 0.3 is 0 Å². The van der Waals surface area contributed by atoms with Gasteiger partial charge in [-0.1, -0.05) is 36.4 Å². The Bertz CT molecular complexity index is 579. The van der Waals surface area contributed by atoms with Crippen molar-refractivity contribution < 1.29 is 4.74 Å². The summed E-state index contributed by atoms with van der Waals surface area (Å²) in [5.41, 5.74) is 4.26. The van der Waals surface area contributed by atoms with Gasteiger partial charge < -0.3 is 10.1 Å². The van der Waals surface area contributed by atoms with Crippen molar-refractivity contribution in [1.82, 2.24) is 5.32 Å². The molecule has 0 radical (unpaired) electrons. The molecule has 2 nitrogen and oxygen atoms in total.